The van der Waals surface area contributed by atoms with Crippen LogP contribution in [0.5, 0.6) is 0 Å². The smallest absolute Gasteiger partial charge is 0.0347 e. The summed E-state index contributed by atoms with van der Waals surface area (Å²) < 4.78 is 0. The number of likely N-dealkylation sites (N-methyl/N-ethyl adjacent to an activating group) is 1. The Morgan fingerprint density at radius 1 is 1.21 bits per heavy atom. The Hall–Kier alpha value is -1.02. The van der Waals surface area contributed by atoms with Crippen LogP contribution < -0.4 is 5.73 Å². The molecule has 0 saturated heterocycles. The molecule has 19 heavy (non-hydrogen) atoms. The second-order valence-corrected chi connectivity index (χ2v) is 6.65. The zero-order chi connectivity index (χ0) is 13.2. The highest BCUT2D eigenvalue weighted by atomic mass is 15.1. The highest BCUT2D eigenvalue weighted by Gasteiger charge is 2.39. The summed E-state index contributed by atoms with van der Waals surface area (Å²) in [5.74, 6) is 3.07. The Morgan fingerprint density at radius 2 is 2.05 bits per heavy atom. The summed E-state index contributed by atoms with van der Waals surface area (Å²) in [6.07, 6.45) is 7.08. The Labute approximate surface area is 117 Å². The fourth-order valence-electron chi connectivity index (χ4n) is 4.16. The van der Waals surface area contributed by atoms with E-state index >= 15 is 0 Å². The first-order valence-corrected chi connectivity index (χ1v) is 7.74. The van der Waals surface area contributed by atoms with Crippen molar-refractivity contribution in [3.05, 3.63) is 29.8 Å². The minimum absolute atomic E-state index is 0.941. The van der Waals surface area contributed by atoms with Gasteiger partial charge >= 0.3 is 0 Å². The quantitative estimate of drug-likeness (QED) is 0.822. The van der Waals surface area contributed by atoms with Gasteiger partial charge in [-0.05, 0) is 62.1 Å². The maximum absolute atomic E-state index is 6.00. The monoisotopic (exact) mass is 258 g/mol. The van der Waals surface area contributed by atoms with E-state index in [1.165, 1.54) is 37.8 Å². The van der Waals surface area contributed by atoms with Crippen LogP contribution in [0.2, 0.25) is 0 Å². The molecule has 0 amide bonds. The molecule has 2 fully saturated rings. The number of hydrogen-bond acceptors (Lipinski definition) is 2. The number of nitrogens with two attached hydrogens (primary N) is 1. The van der Waals surface area contributed by atoms with Gasteiger partial charge in [0.15, 0.2) is 0 Å². The second kappa shape index (κ2) is 5.54. The van der Waals surface area contributed by atoms with Gasteiger partial charge in [-0.15, -0.1) is 0 Å². The molecule has 2 bridgehead atoms. The first-order valence-electron chi connectivity index (χ1n) is 7.74. The minimum Gasteiger partial charge on any atom is -0.399 e. The number of nitrogen functional groups attached to an aromatic ring is 1. The summed E-state index contributed by atoms with van der Waals surface area (Å²) in [6, 6.07) is 8.26. The summed E-state index contributed by atoms with van der Waals surface area (Å²) in [5, 5.41) is 0. The van der Waals surface area contributed by atoms with E-state index in [1.807, 2.05) is 12.1 Å². The van der Waals surface area contributed by atoms with Crippen molar-refractivity contribution in [3.63, 3.8) is 0 Å². The van der Waals surface area contributed by atoms with Gasteiger partial charge in [0.05, 0.1) is 0 Å². The molecule has 3 unspecified atom stereocenters. The number of fused-ring (bicyclic) bond motifs is 2. The molecule has 2 nitrogen and oxygen atoms in total. The zero-order valence-electron chi connectivity index (χ0n) is 12.0. The molecular formula is C17H26N2. The van der Waals surface area contributed by atoms with Crippen LogP contribution in [0.15, 0.2) is 24.3 Å². The van der Waals surface area contributed by atoms with Crippen LogP contribution in [-0.2, 0) is 6.42 Å². The molecule has 0 spiro atoms. The lowest BCUT2D eigenvalue weighted by molar-refractivity contribution is 0.221. The third-order valence-corrected chi connectivity index (χ3v) is 5.25. The van der Waals surface area contributed by atoms with Gasteiger partial charge < -0.3 is 10.6 Å². The Kier molecular flexibility index (Phi) is 3.79. The normalized spacial score (nSPS) is 29.3. The Bertz CT molecular complexity index is 429. The molecule has 0 aliphatic heterocycles. The minimum atomic E-state index is 0.941. The highest BCUT2D eigenvalue weighted by Crippen LogP contribution is 2.48. The number of anilines is 1. The maximum Gasteiger partial charge on any atom is 0.0347 e. The summed E-state index contributed by atoms with van der Waals surface area (Å²) in [5.41, 5.74) is 8.24. The van der Waals surface area contributed by atoms with Crippen LogP contribution in [0.25, 0.3) is 0 Å². The van der Waals surface area contributed by atoms with E-state index in [1.54, 1.807) is 0 Å². The third-order valence-electron chi connectivity index (χ3n) is 5.25. The molecular weight excluding hydrogens is 232 g/mol. The molecule has 2 heteroatoms. The largest absolute Gasteiger partial charge is 0.399 e. The molecule has 1 aromatic rings. The van der Waals surface area contributed by atoms with E-state index in [2.05, 4.69) is 24.1 Å². The summed E-state index contributed by atoms with van der Waals surface area (Å²) >= 11 is 0. The predicted molar refractivity (Wildman–Crippen MR) is 81.0 cm³/mol. The average Bonchev–Trinajstić information content (AvgIpc) is 3.00. The van der Waals surface area contributed by atoms with Crippen molar-refractivity contribution in [2.75, 3.05) is 25.9 Å². The number of benzene rings is 1. The molecule has 104 valence electrons. The summed E-state index contributed by atoms with van der Waals surface area (Å²) in [6.45, 7) is 2.41. The fraction of sp³-hybridized carbons (Fsp3) is 0.647. The van der Waals surface area contributed by atoms with Crippen molar-refractivity contribution in [1.29, 1.82) is 0 Å². The van der Waals surface area contributed by atoms with Crippen LogP contribution >= 0.6 is 0 Å². The van der Waals surface area contributed by atoms with Crippen LogP contribution in [0, 0.1) is 17.8 Å². The first kappa shape index (κ1) is 13.0. The molecule has 3 rings (SSSR count). The highest BCUT2D eigenvalue weighted by molar-refractivity contribution is 5.46. The molecule has 2 saturated carbocycles. The topological polar surface area (TPSA) is 29.3 Å². The second-order valence-electron chi connectivity index (χ2n) is 6.65. The maximum atomic E-state index is 6.00. The molecule has 0 radical (unpaired) electrons. The number of hydrogen-bond donors (Lipinski definition) is 1. The van der Waals surface area contributed by atoms with Gasteiger partial charge in [-0.2, -0.15) is 0 Å². The van der Waals surface area contributed by atoms with Crippen molar-refractivity contribution < 1.29 is 0 Å². The van der Waals surface area contributed by atoms with Crippen LogP contribution in [0.1, 0.15) is 31.2 Å². The van der Waals surface area contributed by atoms with Crippen molar-refractivity contribution in [1.82, 2.24) is 4.90 Å². The Balaban J connectivity index is 1.47. The van der Waals surface area contributed by atoms with Gasteiger partial charge in [0.25, 0.3) is 0 Å². The molecule has 3 atom stereocenters. The van der Waals surface area contributed by atoms with Crippen molar-refractivity contribution in [3.8, 4) is 0 Å². The Morgan fingerprint density at radius 3 is 2.74 bits per heavy atom. The lowest BCUT2D eigenvalue weighted by Gasteiger charge is -2.27. The van der Waals surface area contributed by atoms with Gasteiger partial charge in [0, 0.05) is 18.8 Å². The lowest BCUT2D eigenvalue weighted by atomic mass is 9.88. The predicted octanol–water partition coefficient (Wildman–Crippen LogP) is 3.18. The van der Waals surface area contributed by atoms with Gasteiger partial charge in [-0.25, -0.2) is 0 Å². The molecule has 1 aromatic carbocycles. The fourth-order valence-corrected chi connectivity index (χ4v) is 4.16. The van der Waals surface area contributed by atoms with Crippen molar-refractivity contribution >= 4 is 5.69 Å². The molecule has 2 aliphatic carbocycles. The van der Waals surface area contributed by atoms with E-state index in [9.17, 15) is 0 Å². The van der Waals surface area contributed by atoms with E-state index < -0.39 is 0 Å². The van der Waals surface area contributed by atoms with E-state index in [0.29, 0.717) is 0 Å². The van der Waals surface area contributed by atoms with Gasteiger partial charge in [-0.1, -0.05) is 24.6 Å². The first-order chi connectivity index (χ1) is 9.22. The molecule has 2 N–H and O–H groups in total. The van der Waals surface area contributed by atoms with Gasteiger partial charge in [-0.3, -0.25) is 0 Å². The summed E-state index contributed by atoms with van der Waals surface area (Å²) in [4.78, 5) is 2.51. The number of nitrogens with zero attached hydrogens (tertiary/aromatic N) is 1. The summed E-state index contributed by atoms with van der Waals surface area (Å²) in [7, 11) is 2.27. The number of rotatable bonds is 5. The van der Waals surface area contributed by atoms with E-state index in [-0.39, 0.29) is 0 Å². The lowest BCUT2D eigenvalue weighted by Crippen LogP contribution is -2.30. The molecule has 0 aromatic heterocycles. The van der Waals surface area contributed by atoms with Gasteiger partial charge in [0.2, 0.25) is 0 Å². The van der Waals surface area contributed by atoms with E-state index in [0.717, 1.165) is 36.4 Å². The molecule has 2 aliphatic rings. The van der Waals surface area contributed by atoms with Crippen LogP contribution in [0.4, 0.5) is 5.69 Å². The SMILES string of the molecule is CN(CCc1ccccc1N)CC1CC2CCC1C2. The number of para-hydroxylation sites is 1. The van der Waals surface area contributed by atoms with Crippen molar-refractivity contribution in [2.45, 2.75) is 32.1 Å². The average molecular weight is 258 g/mol. The van der Waals surface area contributed by atoms with Crippen molar-refractivity contribution in [2.24, 2.45) is 17.8 Å². The van der Waals surface area contributed by atoms with Gasteiger partial charge in [0.1, 0.15) is 0 Å². The van der Waals surface area contributed by atoms with Crippen LogP contribution in [0.3, 0.4) is 0 Å². The zero-order valence-corrected chi connectivity index (χ0v) is 12.0. The third kappa shape index (κ3) is 2.94. The standard InChI is InChI=1S/C17H26N2/c1-19(9-8-14-4-2-3-5-17(14)18)12-16-11-13-6-7-15(16)10-13/h2-5,13,15-16H,6-12,18H2,1H3. The molecule has 0 heterocycles. The van der Waals surface area contributed by atoms with Crippen LogP contribution in [-0.4, -0.2) is 25.0 Å². The van der Waals surface area contributed by atoms with E-state index in [4.69, 9.17) is 5.73 Å².